The van der Waals surface area contributed by atoms with Gasteiger partial charge in [-0.3, -0.25) is 0 Å². The average Bonchev–Trinajstić information content (AvgIpc) is 3.95. The molecule has 0 atom stereocenters. The SMILES string of the molecule is CC1(C)CCC(C)(C)c2c(-c3cc4c(cc3N(c3ccc(-c5ccccc5)cc3)c3ccc(-c5cccc6c5oc5ccccc56)cc3)C(c3ccccc3)(c3ccccc3)c3ccccc3-4)cccc21. The molecule has 0 saturated carbocycles. The van der Waals surface area contributed by atoms with Crippen molar-refractivity contribution in [3.63, 3.8) is 0 Å². The fourth-order valence-electron chi connectivity index (χ4n) is 12.5. The first-order chi connectivity index (χ1) is 34.7. The van der Waals surface area contributed by atoms with Crippen LogP contribution in [0.15, 0.2) is 241 Å². The van der Waals surface area contributed by atoms with Gasteiger partial charge < -0.3 is 9.32 Å². The Labute approximate surface area is 417 Å². The van der Waals surface area contributed by atoms with Gasteiger partial charge in [0, 0.05) is 33.3 Å². The average molecular weight is 914 g/mol. The van der Waals surface area contributed by atoms with E-state index in [-0.39, 0.29) is 10.8 Å². The molecule has 0 N–H and O–H groups in total. The molecule has 0 fully saturated rings. The van der Waals surface area contributed by atoms with Crippen LogP contribution < -0.4 is 4.90 Å². The number of nitrogens with zero attached hydrogens (tertiary/aromatic N) is 1. The van der Waals surface area contributed by atoms with Gasteiger partial charge in [-0.05, 0) is 133 Å². The Morgan fingerprint density at radius 3 is 1.59 bits per heavy atom. The number of fused-ring (bicyclic) bond motifs is 7. The first-order valence-electron chi connectivity index (χ1n) is 25.2. The quantitative estimate of drug-likeness (QED) is 0.151. The maximum atomic E-state index is 6.59. The molecule has 0 unspecified atom stereocenters. The van der Waals surface area contributed by atoms with Crippen LogP contribution in [0, 0.1) is 0 Å². The lowest BCUT2D eigenvalue weighted by Gasteiger charge is -2.43. The van der Waals surface area contributed by atoms with E-state index in [2.05, 4.69) is 263 Å². The zero-order chi connectivity index (χ0) is 47.9. The molecule has 0 bridgehead atoms. The highest BCUT2D eigenvalue weighted by Crippen LogP contribution is 2.60. The summed E-state index contributed by atoms with van der Waals surface area (Å²) < 4.78 is 6.59. The molecule has 1 heterocycles. The number of hydrogen-bond donors (Lipinski definition) is 0. The molecule has 1 aromatic heterocycles. The van der Waals surface area contributed by atoms with Gasteiger partial charge in [0.05, 0.1) is 11.1 Å². The summed E-state index contributed by atoms with van der Waals surface area (Å²) in [5.74, 6) is 0. The van der Waals surface area contributed by atoms with Crippen molar-refractivity contribution < 1.29 is 4.42 Å². The van der Waals surface area contributed by atoms with Gasteiger partial charge in [-0.1, -0.05) is 222 Å². The van der Waals surface area contributed by atoms with Crippen molar-refractivity contribution in [1.82, 2.24) is 0 Å². The van der Waals surface area contributed by atoms with Crippen molar-refractivity contribution in [2.45, 2.75) is 56.8 Å². The van der Waals surface area contributed by atoms with Crippen molar-refractivity contribution in [2.24, 2.45) is 0 Å². The Balaban J connectivity index is 1.12. The topological polar surface area (TPSA) is 16.4 Å². The minimum atomic E-state index is -0.586. The van der Waals surface area contributed by atoms with Crippen LogP contribution in [-0.4, -0.2) is 0 Å². The van der Waals surface area contributed by atoms with Crippen molar-refractivity contribution in [2.75, 3.05) is 4.90 Å². The van der Waals surface area contributed by atoms with Crippen molar-refractivity contribution >= 4 is 39.0 Å². The molecule has 342 valence electrons. The Morgan fingerprint density at radius 2 is 0.887 bits per heavy atom. The van der Waals surface area contributed by atoms with Crippen LogP contribution in [0.2, 0.25) is 0 Å². The van der Waals surface area contributed by atoms with Crippen LogP contribution in [0.25, 0.3) is 66.4 Å². The predicted octanol–water partition coefficient (Wildman–Crippen LogP) is 18.8. The maximum Gasteiger partial charge on any atom is 0.143 e. The molecule has 11 aromatic rings. The monoisotopic (exact) mass is 913 g/mol. The second-order valence-electron chi connectivity index (χ2n) is 21.0. The van der Waals surface area contributed by atoms with Gasteiger partial charge in [-0.15, -0.1) is 0 Å². The molecule has 71 heavy (non-hydrogen) atoms. The highest BCUT2D eigenvalue weighted by molar-refractivity contribution is 6.09. The lowest BCUT2D eigenvalue weighted by molar-refractivity contribution is 0.333. The van der Waals surface area contributed by atoms with E-state index in [0.717, 1.165) is 63.0 Å². The third-order valence-electron chi connectivity index (χ3n) is 16.0. The van der Waals surface area contributed by atoms with Crippen LogP contribution in [0.1, 0.15) is 73.9 Å². The van der Waals surface area contributed by atoms with Crippen LogP contribution in [-0.2, 0) is 16.2 Å². The van der Waals surface area contributed by atoms with E-state index < -0.39 is 5.41 Å². The summed E-state index contributed by atoms with van der Waals surface area (Å²) in [4.78, 5) is 2.53. The Kier molecular flexibility index (Phi) is 9.94. The normalized spacial score (nSPS) is 15.0. The van der Waals surface area contributed by atoms with E-state index in [1.54, 1.807) is 0 Å². The summed E-state index contributed by atoms with van der Waals surface area (Å²) in [6, 6.07) is 87.7. The lowest BCUT2D eigenvalue weighted by Crippen LogP contribution is -2.34. The van der Waals surface area contributed by atoms with Crippen molar-refractivity contribution in [3.05, 3.63) is 270 Å². The Morgan fingerprint density at radius 1 is 0.366 bits per heavy atom. The summed E-state index contributed by atoms with van der Waals surface area (Å²) >= 11 is 0. The van der Waals surface area contributed by atoms with Gasteiger partial charge >= 0.3 is 0 Å². The number of anilines is 3. The van der Waals surface area contributed by atoms with Gasteiger partial charge in [0.25, 0.3) is 0 Å². The van der Waals surface area contributed by atoms with E-state index in [4.69, 9.17) is 4.42 Å². The van der Waals surface area contributed by atoms with Crippen LogP contribution in [0.4, 0.5) is 17.1 Å². The maximum absolute atomic E-state index is 6.59. The molecular formula is C69H55NO. The standard InChI is InChI=1S/C69H55NO/c1-67(2)42-43-68(3,4)65-56(29-19-32-61(65)67)59-44-58-54-26-14-16-31-60(54)69(49-22-10-6-11-23-49,50-24-12-7-13-25-50)62(58)45-63(59)70(51-38-34-47(35-39-51)46-20-8-5-9-21-46)52-40-36-48(37-41-52)53-28-18-30-57-55-27-15-17-33-64(55)71-66(53)57/h5-41,44-45H,42-43H2,1-4H3. The Hall–Kier alpha value is -8.20. The highest BCUT2D eigenvalue weighted by Gasteiger charge is 2.47. The summed E-state index contributed by atoms with van der Waals surface area (Å²) in [5, 5.41) is 2.26. The lowest BCUT2D eigenvalue weighted by atomic mass is 9.61. The molecule has 0 radical (unpaired) electrons. The van der Waals surface area contributed by atoms with Gasteiger partial charge in [-0.2, -0.15) is 0 Å². The summed E-state index contributed by atoms with van der Waals surface area (Å²) in [5.41, 5.74) is 22.1. The highest BCUT2D eigenvalue weighted by atomic mass is 16.3. The molecule has 2 aliphatic rings. The summed E-state index contributed by atoms with van der Waals surface area (Å²) in [6.07, 6.45) is 2.26. The Bertz CT molecular complexity index is 3750. The number of hydrogen-bond acceptors (Lipinski definition) is 2. The number of rotatable bonds is 8. The smallest absolute Gasteiger partial charge is 0.143 e. The van der Waals surface area contributed by atoms with E-state index in [1.807, 2.05) is 6.07 Å². The van der Waals surface area contributed by atoms with Gasteiger partial charge in [0.2, 0.25) is 0 Å². The molecule has 2 aliphatic carbocycles. The number of furan rings is 1. The molecule has 0 saturated heterocycles. The van der Waals surface area contributed by atoms with E-state index in [1.165, 1.54) is 66.8 Å². The zero-order valence-corrected chi connectivity index (χ0v) is 40.8. The largest absolute Gasteiger partial charge is 0.455 e. The second kappa shape index (κ2) is 16.5. The summed E-state index contributed by atoms with van der Waals surface area (Å²) in [6.45, 7) is 9.80. The third-order valence-corrected chi connectivity index (χ3v) is 16.0. The van der Waals surface area contributed by atoms with Crippen LogP contribution >= 0.6 is 0 Å². The minimum absolute atomic E-state index is 0.0333. The van der Waals surface area contributed by atoms with Crippen molar-refractivity contribution in [3.8, 4) is 44.5 Å². The van der Waals surface area contributed by atoms with Crippen molar-refractivity contribution in [1.29, 1.82) is 0 Å². The summed E-state index contributed by atoms with van der Waals surface area (Å²) in [7, 11) is 0. The molecule has 0 aliphatic heterocycles. The third kappa shape index (κ3) is 6.76. The zero-order valence-electron chi connectivity index (χ0n) is 40.8. The van der Waals surface area contributed by atoms with Gasteiger partial charge in [0.15, 0.2) is 0 Å². The van der Waals surface area contributed by atoms with E-state index >= 15 is 0 Å². The molecule has 10 aromatic carbocycles. The molecule has 13 rings (SSSR count). The van der Waals surface area contributed by atoms with E-state index in [9.17, 15) is 0 Å². The molecule has 2 nitrogen and oxygen atoms in total. The first-order valence-corrected chi connectivity index (χ1v) is 25.2. The molecular weight excluding hydrogens is 859 g/mol. The van der Waals surface area contributed by atoms with Gasteiger partial charge in [0.1, 0.15) is 11.2 Å². The first kappa shape index (κ1) is 42.9. The van der Waals surface area contributed by atoms with Gasteiger partial charge in [-0.25, -0.2) is 0 Å². The number of para-hydroxylation sites is 2. The molecule has 0 spiro atoms. The molecule has 2 heteroatoms. The predicted molar refractivity (Wildman–Crippen MR) is 297 cm³/mol. The number of benzene rings is 10. The fraction of sp³-hybridized carbons (Fsp3) is 0.130. The second-order valence-corrected chi connectivity index (χ2v) is 21.0. The van der Waals surface area contributed by atoms with E-state index in [0.29, 0.717) is 0 Å². The fourth-order valence-corrected chi connectivity index (χ4v) is 12.5. The minimum Gasteiger partial charge on any atom is -0.455 e. The van der Waals surface area contributed by atoms with Crippen LogP contribution in [0.3, 0.4) is 0 Å². The molecule has 0 amide bonds. The van der Waals surface area contributed by atoms with Crippen LogP contribution in [0.5, 0.6) is 0 Å².